The van der Waals surface area contributed by atoms with Crippen LogP contribution in [-0.4, -0.2) is 25.2 Å². The van der Waals surface area contributed by atoms with Gasteiger partial charge in [-0.2, -0.15) is 0 Å². The van der Waals surface area contributed by atoms with Crippen molar-refractivity contribution in [1.82, 2.24) is 0 Å². The number of carbonyl (C=O) groups excluding carboxylic acids is 2. The average Bonchev–Trinajstić information content (AvgIpc) is 3.10. The number of ether oxygens (including phenoxy) is 2. The van der Waals surface area contributed by atoms with E-state index in [2.05, 4.69) is 6.92 Å². The third-order valence-electron chi connectivity index (χ3n) is 3.52. The molecule has 0 amide bonds. The van der Waals surface area contributed by atoms with Gasteiger partial charge < -0.3 is 9.47 Å². The van der Waals surface area contributed by atoms with E-state index in [0.717, 1.165) is 25.7 Å². The van der Waals surface area contributed by atoms with Crippen molar-refractivity contribution in [2.24, 2.45) is 11.3 Å². The van der Waals surface area contributed by atoms with E-state index in [4.69, 9.17) is 9.47 Å². The lowest BCUT2D eigenvalue weighted by molar-refractivity contribution is -0.148. The molecule has 0 aromatic carbocycles. The van der Waals surface area contributed by atoms with Gasteiger partial charge >= 0.3 is 11.9 Å². The predicted molar refractivity (Wildman–Crippen MR) is 72.5 cm³/mol. The first-order chi connectivity index (χ1) is 9.10. The summed E-state index contributed by atoms with van der Waals surface area (Å²) >= 11 is 0. The predicted octanol–water partition coefficient (Wildman–Crippen LogP) is 2.87. The fourth-order valence-electron chi connectivity index (χ4n) is 2.35. The Morgan fingerprint density at radius 3 is 2.47 bits per heavy atom. The lowest BCUT2D eigenvalue weighted by Crippen LogP contribution is -2.20. The highest BCUT2D eigenvalue weighted by Crippen LogP contribution is 2.57. The fraction of sp³-hybridized carbons (Fsp3) is 0.733. The molecule has 4 nitrogen and oxygen atoms in total. The van der Waals surface area contributed by atoms with E-state index >= 15 is 0 Å². The lowest BCUT2D eigenvalue weighted by atomic mass is 10.00. The summed E-state index contributed by atoms with van der Waals surface area (Å²) in [5.74, 6) is -0.304. The molecule has 0 bridgehead atoms. The van der Waals surface area contributed by atoms with Crippen LogP contribution in [0.15, 0.2) is 12.2 Å². The van der Waals surface area contributed by atoms with E-state index in [-0.39, 0.29) is 5.97 Å². The molecule has 0 unspecified atom stereocenters. The summed E-state index contributed by atoms with van der Waals surface area (Å²) in [6, 6.07) is 0. The molecule has 0 saturated heterocycles. The molecular weight excluding hydrogens is 244 g/mol. The minimum atomic E-state index is -0.585. The largest absolute Gasteiger partial charge is 0.465 e. The molecule has 1 saturated carbocycles. The Labute approximate surface area is 115 Å². The second-order valence-corrected chi connectivity index (χ2v) is 4.89. The maximum atomic E-state index is 12.0. The van der Waals surface area contributed by atoms with Crippen molar-refractivity contribution in [3.63, 3.8) is 0 Å². The average molecular weight is 268 g/mol. The van der Waals surface area contributed by atoms with Crippen molar-refractivity contribution in [2.45, 2.75) is 46.5 Å². The van der Waals surface area contributed by atoms with Gasteiger partial charge in [-0.15, -0.1) is 0 Å². The minimum absolute atomic E-state index is 0.211. The van der Waals surface area contributed by atoms with Crippen LogP contribution in [0.3, 0.4) is 0 Å². The van der Waals surface area contributed by atoms with E-state index in [0.29, 0.717) is 19.1 Å². The van der Waals surface area contributed by atoms with Crippen LogP contribution in [0.25, 0.3) is 0 Å². The summed E-state index contributed by atoms with van der Waals surface area (Å²) < 4.78 is 9.97. The maximum Gasteiger partial charge on any atom is 0.330 e. The fourth-order valence-corrected chi connectivity index (χ4v) is 2.35. The van der Waals surface area contributed by atoms with Gasteiger partial charge in [0.25, 0.3) is 0 Å². The minimum Gasteiger partial charge on any atom is -0.465 e. The van der Waals surface area contributed by atoms with Crippen molar-refractivity contribution in [2.75, 3.05) is 13.2 Å². The molecule has 0 heterocycles. The molecule has 1 aliphatic carbocycles. The van der Waals surface area contributed by atoms with Gasteiger partial charge in [0.05, 0.1) is 18.6 Å². The summed E-state index contributed by atoms with van der Waals surface area (Å²) in [6.45, 7) is 6.39. The summed E-state index contributed by atoms with van der Waals surface area (Å²) in [5.41, 5.74) is -0.585. The molecule has 0 aliphatic heterocycles. The highest BCUT2D eigenvalue weighted by molar-refractivity contribution is 5.87. The van der Waals surface area contributed by atoms with Gasteiger partial charge in [-0.3, -0.25) is 4.79 Å². The van der Waals surface area contributed by atoms with Gasteiger partial charge in [0.2, 0.25) is 0 Å². The standard InChI is InChI=1S/C15H24O4/c1-4-7-8-12-11-15(12,14(17)19-6-3)10-9-13(16)18-5-2/h9-10,12H,4-8,11H2,1-3H3/b10-9+/t12-,15-/m0/s1. The SMILES string of the molecule is CCCC[C@H]1C[C@]1(/C=C/C(=O)OCC)C(=O)OCC. The molecule has 2 atom stereocenters. The molecule has 0 N–H and O–H groups in total. The molecule has 4 heteroatoms. The molecule has 0 radical (unpaired) electrons. The monoisotopic (exact) mass is 268 g/mol. The van der Waals surface area contributed by atoms with E-state index in [1.54, 1.807) is 19.9 Å². The Kier molecular flexibility index (Phi) is 6.06. The summed E-state index contributed by atoms with van der Waals surface area (Å²) in [7, 11) is 0. The topological polar surface area (TPSA) is 52.6 Å². The van der Waals surface area contributed by atoms with E-state index < -0.39 is 11.4 Å². The molecule has 19 heavy (non-hydrogen) atoms. The zero-order valence-electron chi connectivity index (χ0n) is 12.1. The Hall–Kier alpha value is -1.32. The van der Waals surface area contributed by atoms with Gasteiger partial charge in [0.1, 0.15) is 0 Å². The first-order valence-electron chi connectivity index (χ1n) is 7.13. The van der Waals surface area contributed by atoms with Gasteiger partial charge in [0.15, 0.2) is 0 Å². The number of unbranched alkanes of at least 4 members (excludes halogenated alkanes) is 1. The van der Waals surface area contributed by atoms with Crippen LogP contribution in [-0.2, 0) is 19.1 Å². The molecular formula is C15H24O4. The van der Waals surface area contributed by atoms with Gasteiger partial charge in [0, 0.05) is 6.08 Å². The smallest absolute Gasteiger partial charge is 0.330 e. The van der Waals surface area contributed by atoms with Crippen LogP contribution < -0.4 is 0 Å². The summed E-state index contributed by atoms with van der Waals surface area (Å²) in [6.07, 6.45) is 7.04. The van der Waals surface area contributed by atoms with Gasteiger partial charge in [-0.05, 0) is 32.6 Å². The van der Waals surface area contributed by atoms with Crippen LogP contribution >= 0.6 is 0 Å². The van der Waals surface area contributed by atoms with E-state index in [1.807, 2.05) is 0 Å². The zero-order valence-corrected chi connectivity index (χ0v) is 12.1. The highest BCUT2D eigenvalue weighted by atomic mass is 16.5. The molecule has 1 fully saturated rings. The number of carbonyl (C=O) groups is 2. The Bertz CT molecular complexity index is 348. The Morgan fingerprint density at radius 2 is 1.89 bits per heavy atom. The van der Waals surface area contributed by atoms with Crippen LogP contribution in [0.5, 0.6) is 0 Å². The summed E-state index contributed by atoms with van der Waals surface area (Å²) in [5, 5.41) is 0. The number of hydrogen-bond acceptors (Lipinski definition) is 4. The lowest BCUT2D eigenvalue weighted by Gasteiger charge is -2.11. The molecule has 1 rings (SSSR count). The maximum absolute atomic E-state index is 12.0. The van der Waals surface area contributed by atoms with E-state index in [9.17, 15) is 9.59 Å². The van der Waals surface area contributed by atoms with Crippen molar-refractivity contribution in [3.8, 4) is 0 Å². The van der Waals surface area contributed by atoms with Gasteiger partial charge in [-0.1, -0.05) is 25.8 Å². The second kappa shape index (κ2) is 7.31. The van der Waals surface area contributed by atoms with Crippen LogP contribution in [0.2, 0.25) is 0 Å². The number of hydrogen-bond donors (Lipinski definition) is 0. The molecule has 1 aliphatic rings. The van der Waals surface area contributed by atoms with Crippen LogP contribution in [0, 0.1) is 11.3 Å². The molecule has 0 aromatic heterocycles. The summed E-state index contributed by atoms with van der Waals surface area (Å²) in [4.78, 5) is 23.4. The first-order valence-corrected chi connectivity index (χ1v) is 7.13. The number of esters is 2. The third kappa shape index (κ3) is 4.08. The quantitative estimate of drug-likeness (QED) is 0.502. The van der Waals surface area contributed by atoms with Crippen molar-refractivity contribution in [1.29, 1.82) is 0 Å². The molecule has 108 valence electrons. The highest BCUT2D eigenvalue weighted by Gasteiger charge is 2.58. The third-order valence-corrected chi connectivity index (χ3v) is 3.52. The van der Waals surface area contributed by atoms with Crippen LogP contribution in [0.1, 0.15) is 46.5 Å². The number of rotatable bonds is 8. The Balaban J connectivity index is 2.67. The van der Waals surface area contributed by atoms with Crippen molar-refractivity contribution in [3.05, 3.63) is 12.2 Å². The Morgan fingerprint density at radius 1 is 1.21 bits per heavy atom. The molecule has 0 aromatic rings. The second-order valence-electron chi connectivity index (χ2n) is 4.89. The van der Waals surface area contributed by atoms with Crippen molar-refractivity contribution < 1.29 is 19.1 Å². The van der Waals surface area contributed by atoms with Gasteiger partial charge in [-0.25, -0.2) is 4.79 Å². The zero-order chi connectivity index (χ0) is 14.3. The first kappa shape index (κ1) is 15.7. The van der Waals surface area contributed by atoms with Crippen LogP contribution in [0.4, 0.5) is 0 Å². The van der Waals surface area contributed by atoms with Crippen molar-refractivity contribution >= 4 is 11.9 Å². The molecule has 0 spiro atoms. The normalized spacial score (nSPS) is 25.3. The van der Waals surface area contributed by atoms with E-state index in [1.165, 1.54) is 6.08 Å².